The van der Waals surface area contributed by atoms with Crippen LogP contribution in [0, 0.1) is 0 Å². The van der Waals surface area contributed by atoms with Crippen molar-refractivity contribution in [3.05, 3.63) is 223 Å². The quantitative estimate of drug-likeness (QED) is 0.168. The molecule has 62 heavy (non-hydrogen) atoms. The Morgan fingerprint density at radius 2 is 1.10 bits per heavy atom. The number of allylic oxidation sites excluding steroid dienone is 4. The Labute approximate surface area is 357 Å². The molecule has 12 aromatic rings. The van der Waals surface area contributed by atoms with Crippen LogP contribution in [0.15, 0.2) is 221 Å². The SMILES string of the molecule is C1=C(c2ccc(N(c3ccc4oc5ccccc5c4c3)c3cccc4c3oc3ccccc34)cc2)C(n2c3ccccc3c3cc4ccccc4cc32)=CCC1c1ccccc1. The third-order valence-electron chi connectivity index (χ3n) is 12.9. The van der Waals surface area contributed by atoms with E-state index in [-0.39, 0.29) is 5.92 Å². The number of hydrogen-bond acceptors (Lipinski definition) is 3. The number of hydrogen-bond donors (Lipinski definition) is 0. The maximum Gasteiger partial charge on any atom is 0.159 e. The third kappa shape index (κ3) is 5.40. The van der Waals surface area contributed by atoms with Gasteiger partial charge in [-0.1, -0.05) is 146 Å². The fourth-order valence-corrected chi connectivity index (χ4v) is 9.99. The molecule has 0 spiro atoms. The molecule has 1 atom stereocenters. The first kappa shape index (κ1) is 34.8. The molecule has 0 aliphatic heterocycles. The minimum absolute atomic E-state index is 0.238. The van der Waals surface area contributed by atoms with Gasteiger partial charge in [0.15, 0.2) is 5.58 Å². The van der Waals surface area contributed by atoms with Crippen LogP contribution < -0.4 is 4.90 Å². The van der Waals surface area contributed by atoms with Gasteiger partial charge in [0, 0.05) is 60.9 Å². The Morgan fingerprint density at radius 1 is 0.452 bits per heavy atom. The van der Waals surface area contributed by atoms with E-state index in [1.165, 1.54) is 49.4 Å². The molecule has 0 N–H and O–H groups in total. The Bertz CT molecular complexity index is 3790. The van der Waals surface area contributed by atoms with E-state index in [4.69, 9.17) is 8.83 Å². The predicted molar refractivity (Wildman–Crippen MR) is 259 cm³/mol. The molecule has 9 aromatic carbocycles. The van der Waals surface area contributed by atoms with Crippen LogP contribution in [0.1, 0.15) is 23.5 Å². The van der Waals surface area contributed by atoms with Gasteiger partial charge < -0.3 is 18.3 Å². The second kappa shape index (κ2) is 13.7. The van der Waals surface area contributed by atoms with E-state index >= 15 is 0 Å². The average molecular weight is 795 g/mol. The van der Waals surface area contributed by atoms with Gasteiger partial charge in [-0.3, -0.25) is 0 Å². The molecule has 3 aromatic heterocycles. The summed E-state index contributed by atoms with van der Waals surface area (Å²) < 4.78 is 15.5. The highest BCUT2D eigenvalue weighted by Crippen LogP contribution is 2.46. The van der Waals surface area contributed by atoms with Crippen LogP contribution in [-0.4, -0.2) is 4.57 Å². The zero-order chi connectivity index (χ0) is 40.7. The number of rotatable bonds is 6. The molecule has 0 saturated carbocycles. The standard InChI is InChI=1S/C58H38N2O2/c1-2-13-37(14-3-1)41-27-31-52(60-51-21-9-6-17-44(51)49-34-39-15-4-5-16-40(39)35-54(49)60)48(33-41)38-25-28-42(29-26-38)59(43-30-32-57-50(36-43)46-19-8-10-23-55(46)61-57)53-22-12-20-47-45-18-7-11-24-56(45)62-58(47)53/h1-26,28-36,41H,27H2. The van der Waals surface area contributed by atoms with E-state index in [2.05, 4.69) is 198 Å². The molecular weight excluding hydrogens is 757 g/mol. The summed E-state index contributed by atoms with van der Waals surface area (Å²) in [6.45, 7) is 0. The first-order valence-electron chi connectivity index (χ1n) is 21.4. The summed E-state index contributed by atoms with van der Waals surface area (Å²) in [6, 6.07) is 71.8. The van der Waals surface area contributed by atoms with E-state index in [9.17, 15) is 0 Å². The van der Waals surface area contributed by atoms with Crippen molar-refractivity contribution in [2.24, 2.45) is 0 Å². The van der Waals surface area contributed by atoms with Crippen molar-refractivity contribution in [2.75, 3.05) is 4.90 Å². The molecular formula is C58H38N2O2. The Morgan fingerprint density at radius 3 is 1.92 bits per heavy atom. The molecule has 3 heterocycles. The normalized spacial score (nSPS) is 14.4. The highest BCUT2D eigenvalue weighted by Gasteiger charge is 2.25. The van der Waals surface area contributed by atoms with Crippen molar-refractivity contribution in [3.63, 3.8) is 0 Å². The van der Waals surface area contributed by atoms with Gasteiger partial charge in [-0.05, 0) is 95.1 Å². The molecule has 292 valence electrons. The minimum Gasteiger partial charge on any atom is -0.456 e. The molecule has 0 saturated heterocycles. The summed E-state index contributed by atoms with van der Waals surface area (Å²) in [5.74, 6) is 0.238. The van der Waals surface area contributed by atoms with Crippen molar-refractivity contribution in [1.82, 2.24) is 4.57 Å². The second-order valence-electron chi connectivity index (χ2n) is 16.4. The van der Waals surface area contributed by atoms with Gasteiger partial charge >= 0.3 is 0 Å². The predicted octanol–water partition coefficient (Wildman–Crippen LogP) is 16.3. The van der Waals surface area contributed by atoms with Crippen molar-refractivity contribution >= 4 is 105 Å². The molecule has 1 unspecified atom stereocenters. The molecule has 13 rings (SSSR count). The Kier molecular flexibility index (Phi) is 7.70. The molecule has 0 fully saturated rings. The Balaban J connectivity index is 1.00. The van der Waals surface area contributed by atoms with Gasteiger partial charge in [0.1, 0.15) is 16.7 Å². The van der Waals surface area contributed by atoms with E-state index in [1.54, 1.807) is 0 Å². The highest BCUT2D eigenvalue weighted by molar-refractivity contribution is 6.17. The van der Waals surface area contributed by atoms with E-state index in [1.807, 2.05) is 24.3 Å². The van der Waals surface area contributed by atoms with Crippen LogP contribution >= 0.6 is 0 Å². The number of benzene rings is 9. The summed E-state index contributed by atoms with van der Waals surface area (Å²) in [7, 11) is 0. The van der Waals surface area contributed by atoms with Crippen molar-refractivity contribution < 1.29 is 8.83 Å². The molecule has 0 amide bonds. The van der Waals surface area contributed by atoms with Crippen LogP contribution in [0.3, 0.4) is 0 Å². The fourth-order valence-electron chi connectivity index (χ4n) is 9.99. The van der Waals surface area contributed by atoms with E-state index < -0.39 is 0 Å². The smallest absolute Gasteiger partial charge is 0.159 e. The summed E-state index contributed by atoms with van der Waals surface area (Å²) in [5.41, 5.74) is 13.8. The van der Waals surface area contributed by atoms with Gasteiger partial charge in [-0.15, -0.1) is 0 Å². The lowest BCUT2D eigenvalue weighted by Gasteiger charge is -2.27. The summed E-state index contributed by atoms with van der Waals surface area (Å²) in [6.07, 6.45) is 5.86. The summed E-state index contributed by atoms with van der Waals surface area (Å²) in [5, 5.41) is 9.36. The average Bonchev–Trinajstić information content (AvgIpc) is 4.01. The monoisotopic (exact) mass is 794 g/mol. The number of nitrogens with zero attached hydrogens (tertiary/aromatic N) is 2. The largest absolute Gasteiger partial charge is 0.456 e. The van der Waals surface area contributed by atoms with E-state index in [0.717, 1.165) is 72.9 Å². The van der Waals surface area contributed by atoms with Gasteiger partial charge in [-0.25, -0.2) is 0 Å². The number of para-hydroxylation sites is 4. The highest BCUT2D eigenvalue weighted by atomic mass is 16.3. The molecule has 0 bridgehead atoms. The zero-order valence-electron chi connectivity index (χ0n) is 33.7. The summed E-state index contributed by atoms with van der Waals surface area (Å²) >= 11 is 0. The minimum atomic E-state index is 0.238. The van der Waals surface area contributed by atoms with Gasteiger partial charge in [-0.2, -0.15) is 0 Å². The van der Waals surface area contributed by atoms with Crippen LogP contribution in [0.2, 0.25) is 0 Å². The maximum atomic E-state index is 6.70. The zero-order valence-corrected chi connectivity index (χ0v) is 33.7. The number of aromatic nitrogens is 1. The van der Waals surface area contributed by atoms with Crippen molar-refractivity contribution in [3.8, 4) is 0 Å². The number of anilines is 3. The van der Waals surface area contributed by atoms with Crippen LogP contribution in [-0.2, 0) is 0 Å². The fraction of sp³-hybridized carbons (Fsp3) is 0.0345. The van der Waals surface area contributed by atoms with Crippen LogP contribution in [0.5, 0.6) is 0 Å². The lowest BCUT2D eigenvalue weighted by molar-refractivity contribution is 0.669. The molecule has 0 radical (unpaired) electrons. The van der Waals surface area contributed by atoms with E-state index in [0.29, 0.717) is 0 Å². The van der Waals surface area contributed by atoms with Gasteiger partial charge in [0.05, 0.1) is 16.7 Å². The number of furan rings is 2. The topological polar surface area (TPSA) is 34.5 Å². The first-order chi connectivity index (χ1) is 30.7. The molecule has 4 nitrogen and oxygen atoms in total. The summed E-state index contributed by atoms with van der Waals surface area (Å²) in [4.78, 5) is 2.33. The Hall–Kier alpha value is -8.08. The van der Waals surface area contributed by atoms with Crippen molar-refractivity contribution in [2.45, 2.75) is 12.3 Å². The van der Waals surface area contributed by atoms with Crippen LogP contribution in [0.25, 0.3) is 87.7 Å². The number of fused-ring (bicyclic) bond motifs is 10. The lowest BCUT2D eigenvalue weighted by Crippen LogP contribution is -2.11. The maximum absolute atomic E-state index is 6.70. The molecule has 1 aliphatic carbocycles. The second-order valence-corrected chi connectivity index (χ2v) is 16.4. The van der Waals surface area contributed by atoms with Crippen LogP contribution in [0.4, 0.5) is 17.1 Å². The molecule has 1 aliphatic rings. The van der Waals surface area contributed by atoms with Gasteiger partial charge in [0.2, 0.25) is 0 Å². The van der Waals surface area contributed by atoms with Crippen molar-refractivity contribution in [1.29, 1.82) is 0 Å². The van der Waals surface area contributed by atoms with Gasteiger partial charge in [0.25, 0.3) is 0 Å². The third-order valence-corrected chi connectivity index (χ3v) is 12.9. The molecule has 4 heteroatoms. The first-order valence-corrected chi connectivity index (χ1v) is 21.4. The lowest BCUT2D eigenvalue weighted by atomic mass is 9.85.